The molecule has 0 aliphatic carbocycles. The maximum absolute atomic E-state index is 4.11. The molecule has 0 spiro atoms. The van der Waals surface area contributed by atoms with Crippen molar-refractivity contribution in [2.45, 2.75) is 13.8 Å². The Hall–Kier alpha value is -0.570. The van der Waals surface area contributed by atoms with Crippen LogP contribution >= 0.6 is 11.3 Å². The fourth-order valence-electron chi connectivity index (χ4n) is 0.588. The molecule has 1 aromatic rings. The van der Waals surface area contributed by atoms with Crippen LogP contribution in [0.3, 0.4) is 0 Å². The van der Waals surface area contributed by atoms with Gasteiger partial charge in [0.25, 0.3) is 0 Å². The summed E-state index contributed by atoms with van der Waals surface area (Å²) in [5.41, 5.74) is 0. The van der Waals surface area contributed by atoms with Gasteiger partial charge in [-0.1, -0.05) is 0 Å². The van der Waals surface area contributed by atoms with E-state index in [0.29, 0.717) is 0 Å². The highest BCUT2D eigenvalue weighted by Gasteiger charge is 1.92. The molecule has 50 valence electrons. The van der Waals surface area contributed by atoms with E-state index in [0.717, 1.165) is 11.7 Å². The fourth-order valence-corrected chi connectivity index (χ4v) is 1.32. The molecule has 0 amide bonds. The average molecular weight is 142 g/mol. The van der Waals surface area contributed by atoms with Gasteiger partial charge < -0.3 is 5.32 Å². The van der Waals surface area contributed by atoms with Crippen LogP contribution < -0.4 is 5.32 Å². The predicted octanol–water partition coefficient (Wildman–Crippen LogP) is 1.88. The van der Waals surface area contributed by atoms with Gasteiger partial charge in [0, 0.05) is 17.6 Å². The van der Waals surface area contributed by atoms with Crippen molar-refractivity contribution in [1.82, 2.24) is 4.98 Å². The minimum Gasteiger partial charge on any atom is -0.362 e. The Morgan fingerprint density at radius 2 is 2.56 bits per heavy atom. The summed E-state index contributed by atoms with van der Waals surface area (Å²) in [7, 11) is 0. The molecule has 0 aromatic carbocycles. The molecule has 0 saturated heterocycles. The summed E-state index contributed by atoms with van der Waals surface area (Å²) in [6.45, 7) is 5.07. The van der Waals surface area contributed by atoms with E-state index in [1.54, 1.807) is 11.3 Å². The summed E-state index contributed by atoms with van der Waals surface area (Å²) in [4.78, 5) is 5.37. The Morgan fingerprint density at radius 3 is 3.00 bits per heavy atom. The molecule has 0 atom stereocenters. The highest BCUT2D eigenvalue weighted by Crippen LogP contribution is 2.15. The lowest BCUT2D eigenvalue weighted by molar-refractivity contribution is 1.19. The van der Waals surface area contributed by atoms with E-state index in [-0.39, 0.29) is 0 Å². The smallest absolute Gasteiger partial charge is 0.182 e. The van der Waals surface area contributed by atoms with Crippen molar-refractivity contribution in [3.05, 3.63) is 11.1 Å². The molecule has 1 heterocycles. The van der Waals surface area contributed by atoms with Gasteiger partial charge in [-0.05, 0) is 13.8 Å². The maximum Gasteiger partial charge on any atom is 0.182 e. The van der Waals surface area contributed by atoms with Gasteiger partial charge in [-0.2, -0.15) is 0 Å². The zero-order valence-electron chi connectivity index (χ0n) is 5.64. The second-order valence-corrected chi connectivity index (χ2v) is 3.04. The molecule has 3 heteroatoms. The van der Waals surface area contributed by atoms with Gasteiger partial charge in [-0.3, -0.25) is 0 Å². The van der Waals surface area contributed by atoms with Gasteiger partial charge in [0.1, 0.15) is 0 Å². The molecule has 1 rings (SSSR count). The lowest BCUT2D eigenvalue weighted by Crippen LogP contribution is -1.93. The second kappa shape index (κ2) is 2.82. The Labute approximate surface area is 58.9 Å². The van der Waals surface area contributed by atoms with Crippen molar-refractivity contribution >= 4 is 16.5 Å². The van der Waals surface area contributed by atoms with Gasteiger partial charge in [0.2, 0.25) is 0 Å². The van der Waals surface area contributed by atoms with Crippen LogP contribution in [0, 0.1) is 6.92 Å². The highest BCUT2D eigenvalue weighted by molar-refractivity contribution is 7.15. The van der Waals surface area contributed by atoms with Gasteiger partial charge in [-0.25, -0.2) is 4.98 Å². The minimum atomic E-state index is 0.951. The third-order valence-corrected chi connectivity index (χ3v) is 1.82. The largest absolute Gasteiger partial charge is 0.362 e. The Balaban J connectivity index is 2.61. The van der Waals surface area contributed by atoms with Gasteiger partial charge in [0.15, 0.2) is 5.13 Å². The molecular weight excluding hydrogens is 132 g/mol. The fraction of sp³-hybridized carbons (Fsp3) is 0.500. The number of nitrogens with one attached hydrogen (secondary N) is 1. The molecule has 0 bridgehead atoms. The topological polar surface area (TPSA) is 24.9 Å². The van der Waals surface area contributed by atoms with Gasteiger partial charge >= 0.3 is 0 Å². The first-order valence-corrected chi connectivity index (χ1v) is 3.81. The van der Waals surface area contributed by atoms with Crippen molar-refractivity contribution in [3.8, 4) is 0 Å². The van der Waals surface area contributed by atoms with E-state index >= 15 is 0 Å². The number of rotatable bonds is 2. The van der Waals surface area contributed by atoms with Crippen LogP contribution in [0.2, 0.25) is 0 Å². The standard InChI is InChI=1S/C6H10N2S/c1-3-7-6-8-4-5(2)9-6/h4H,3H2,1-2H3,(H,7,8). The van der Waals surface area contributed by atoms with E-state index in [4.69, 9.17) is 0 Å². The lowest BCUT2D eigenvalue weighted by atomic mass is 10.7. The Kier molecular flexibility index (Phi) is 2.05. The summed E-state index contributed by atoms with van der Waals surface area (Å²) in [6.07, 6.45) is 1.88. The quantitative estimate of drug-likeness (QED) is 0.682. The van der Waals surface area contributed by atoms with Crippen LogP contribution in [0.1, 0.15) is 11.8 Å². The van der Waals surface area contributed by atoms with Crippen LogP contribution in [-0.2, 0) is 0 Å². The molecule has 1 N–H and O–H groups in total. The molecule has 0 aliphatic rings. The summed E-state index contributed by atoms with van der Waals surface area (Å²) < 4.78 is 0. The number of hydrogen-bond acceptors (Lipinski definition) is 3. The Morgan fingerprint density at radius 1 is 1.78 bits per heavy atom. The first-order chi connectivity index (χ1) is 4.33. The SMILES string of the molecule is CCNc1ncc(C)s1. The number of hydrogen-bond donors (Lipinski definition) is 1. The number of aryl methyl sites for hydroxylation is 1. The molecule has 9 heavy (non-hydrogen) atoms. The number of nitrogens with zero attached hydrogens (tertiary/aromatic N) is 1. The van der Waals surface area contributed by atoms with Crippen molar-refractivity contribution in [3.63, 3.8) is 0 Å². The Bertz CT molecular complexity index is 183. The third-order valence-electron chi connectivity index (χ3n) is 0.949. The number of anilines is 1. The van der Waals surface area contributed by atoms with Crippen LogP contribution in [0.25, 0.3) is 0 Å². The van der Waals surface area contributed by atoms with Gasteiger partial charge in [-0.15, -0.1) is 11.3 Å². The zero-order chi connectivity index (χ0) is 6.69. The van der Waals surface area contributed by atoms with E-state index in [9.17, 15) is 0 Å². The summed E-state index contributed by atoms with van der Waals surface area (Å²) in [6, 6.07) is 0. The molecule has 1 aromatic heterocycles. The first-order valence-electron chi connectivity index (χ1n) is 2.99. The summed E-state index contributed by atoms with van der Waals surface area (Å²) in [5, 5.41) is 4.16. The van der Waals surface area contributed by atoms with Crippen molar-refractivity contribution in [1.29, 1.82) is 0 Å². The molecule has 0 unspecified atom stereocenters. The van der Waals surface area contributed by atoms with Crippen molar-refractivity contribution < 1.29 is 0 Å². The highest BCUT2D eigenvalue weighted by atomic mass is 32.1. The van der Waals surface area contributed by atoms with Gasteiger partial charge in [0.05, 0.1) is 0 Å². The normalized spacial score (nSPS) is 9.56. The molecule has 2 nitrogen and oxygen atoms in total. The van der Waals surface area contributed by atoms with Crippen LogP contribution in [0.15, 0.2) is 6.20 Å². The second-order valence-electron chi connectivity index (χ2n) is 1.81. The predicted molar refractivity (Wildman–Crippen MR) is 41.0 cm³/mol. The molecule has 0 aliphatic heterocycles. The average Bonchev–Trinajstić information content (AvgIpc) is 2.17. The van der Waals surface area contributed by atoms with E-state index in [1.165, 1.54) is 4.88 Å². The van der Waals surface area contributed by atoms with Crippen LogP contribution in [0.5, 0.6) is 0 Å². The maximum atomic E-state index is 4.11. The third kappa shape index (κ3) is 1.68. The van der Waals surface area contributed by atoms with Crippen LogP contribution in [-0.4, -0.2) is 11.5 Å². The van der Waals surface area contributed by atoms with E-state index in [2.05, 4.69) is 24.1 Å². The minimum absolute atomic E-state index is 0.951. The first kappa shape index (κ1) is 6.55. The number of aromatic nitrogens is 1. The molecule has 0 saturated carbocycles. The lowest BCUT2D eigenvalue weighted by Gasteiger charge is -1.92. The van der Waals surface area contributed by atoms with Crippen molar-refractivity contribution in [2.24, 2.45) is 0 Å². The molecule has 0 radical (unpaired) electrons. The summed E-state index contributed by atoms with van der Waals surface area (Å²) in [5.74, 6) is 0. The number of thiazole rings is 1. The van der Waals surface area contributed by atoms with Crippen molar-refractivity contribution in [2.75, 3.05) is 11.9 Å². The molecule has 0 fully saturated rings. The summed E-state index contributed by atoms with van der Waals surface area (Å²) >= 11 is 1.69. The van der Waals surface area contributed by atoms with E-state index < -0.39 is 0 Å². The monoisotopic (exact) mass is 142 g/mol. The zero-order valence-corrected chi connectivity index (χ0v) is 6.46. The van der Waals surface area contributed by atoms with E-state index in [1.807, 2.05) is 6.20 Å². The molecular formula is C6H10N2S. The van der Waals surface area contributed by atoms with Crippen LogP contribution in [0.4, 0.5) is 5.13 Å².